The lowest BCUT2D eigenvalue weighted by Gasteiger charge is -2.46. The minimum absolute atomic E-state index is 0.170. The van der Waals surface area contributed by atoms with E-state index in [1.54, 1.807) is 0 Å². The van der Waals surface area contributed by atoms with Crippen molar-refractivity contribution in [2.45, 2.75) is 18.2 Å². The van der Waals surface area contributed by atoms with Crippen LogP contribution in [0.15, 0.2) is 0 Å². The van der Waals surface area contributed by atoms with Gasteiger partial charge in [-0.3, -0.25) is 14.2 Å². The molecule has 0 radical (unpaired) electrons. The molecule has 0 aliphatic carbocycles. The van der Waals surface area contributed by atoms with Crippen molar-refractivity contribution in [3.8, 4) is 0 Å². The topological polar surface area (TPSA) is 67.3 Å². The summed E-state index contributed by atoms with van der Waals surface area (Å²) >= 11 is 0. The highest BCUT2D eigenvalue weighted by Crippen LogP contribution is 2.43. The molecule has 1 saturated heterocycles. The molecule has 0 spiro atoms. The maximum absolute atomic E-state index is 5.59. The van der Waals surface area contributed by atoms with E-state index >= 15 is 0 Å². The molecule has 0 aromatic carbocycles. The average Bonchev–Trinajstić information content (AvgIpc) is 2.45. The van der Waals surface area contributed by atoms with Crippen LogP contribution in [0.4, 0.5) is 0 Å². The molecule has 0 N–H and O–H groups in total. The summed E-state index contributed by atoms with van der Waals surface area (Å²) in [5, 5.41) is 0. The Balaban J connectivity index is 3.20. The molecular weight excluding hydrogens is 248 g/mol. The summed E-state index contributed by atoms with van der Waals surface area (Å²) in [6.07, 6.45) is -0.659. The Morgan fingerprint density at radius 2 is 1.50 bits per heavy atom. The zero-order valence-electron chi connectivity index (χ0n) is 11.6. The quantitative estimate of drug-likeness (QED) is 0.382. The molecule has 1 atom stereocenters. The standard InChI is InChI=1S/C10H21O8/c1-11-8-7-18(16-6)10(14-4,15-5)9(12-2,13-3)17-8/h8H,7H2,1-6H3/q+1. The van der Waals surface area contributed by atoms with Gasteiger partial charge in [0.2, 0.25) is 12.9 Å². The molecule has 108 valence electrons. The third-order valence-electron chi connectivity index (χ3n) is 2.79. The minimum Gasteiger partial charge on any atom is -0.349 e. The first kappa shape index (κ1) is 15.7. The summed E-state index contributed by atoms with van der Waals surface area (Å²) < 4.78 is 34.3. The van der Waals surface area contributed by atoms with E-state index in [9.17, 15) is 0 Å². The van der Waals surface area contributed by atoms with Crippen LogP contribution in [-0.2, 0) is 37.8 Å². The first-order valence-electron chi connectivity index (χ1n) is 5.26. The van der Waals surface area contributed by atoms with Gasteiger partial charge in [0.15, 0.2) is 0 Å². The van der Waals surface area contributed by atoms with Crippen LogP contribution >= 0.6 is 0 Å². The number of hydrogen-bond acceptors (Lipinski definition) is 7. The molecular formula is C10H21O8+. The molecule has 0 bridgehead atoms. The molecule has 1 fully saturated rings. The fraction of sp³-hybridized carbons (Fsp3) is 1.00. The second-order valence-electron chi connectivity index (χ2n) is 3.39. The van der Waals surface area contributed by atoms with Crippen LogP contribution in [0, 0.1) is 0 Å². The van der Waals surface area contributed by atoms with Gasteiger partial charge in [-0.15, -0.1) is 4.89 Å². The maximum Gasteiger partial charge on any atom is 0.522 e. The molecule has 0 aromatic rings. The monoisotopic (exact) mass is 269 g/mol. The van der Waals surface area contributed by atoms with Gasteiger partial charge in [0.25, 0.3) is 0 Å². The Bertz CT molecular complexity index is 250. The van der Waals surface area contributed by atoms with Gasteiger partial charge in [0.05, 0.1) is 0 Å². The number of methoxy groups -OCH3 is 5. The van der Waals surface area contributed by atoms with Crippen LogP contribution in [-0.4, -0.2) is 67.5 Å². The molecule has 1 heterocycles. The Kier molecular flexibility index (Phi) is 5.44. The van der Waals surface area contributed by atoms with Crippen LogP contribution in [0.25, 0.3) is 0 Å². The molecule has 1 aliphatic rings. The van der Waals surface area contributed by atoms with E-state index in [1.165, 1.54) is 42.7 Å². The predicted molar refractivity (Wildman–Crippen MR) is 58.3 cm³/mol. The second kappa shape index (κ2) is 6.22. The molecule has 0 amide bonds. The van der Waals surface area contributed by atoms with Crippen molar-refractivity contribution in [1.82, 2.24) is 0 Å². The molecule has 1 rings (SSSR count). The van der Waals surface area contributed by atoms with Crippen LogP contribution in [0.2, 0.25) is 0 Å². The smallest absolute Gasteiger partial charge is 0.349 e. The van der Waals surface area contributed by atoms with Crippen LogP contribution in [0.5, 0.6) is 0 Å². The molecule has 18 heavy (non-hydrogen) atoms. The Morgan fingerprint density at radius 3 is 1.83 bits per heavy atom. The predicted octanol–water partition coefficient (Wildman–Crippen LogP) is -0.00400. The summed E-state index contributed by atoms with van der Waals surface area (Å²) in [5.41, 5.74) is 0. The van der Waals surface area contributed by atoms with Gasteiger partial charge >= 0.3 is 11.9 Å². The molecule has 0 aromatic heterocycles. The van der Waals surface area contributed by atoms with Crippen molar-refractivity contribution in [2.75, 3.05) is 49.3 Å². The van der Waals surface area contributed by atoms with Crippen molar-refractivity contribution in [2.24, 2.45) is 0 Å². The van der Waals surface area contributed by atoms with E-state index in [4.69, 9.17) is 33.3 Å². The highest BCUT2D eigenvalue weighted by Gasteiger charge is 2.75. The maximum atomic E-state index is 5.59. The molecule has 8 nitrogen and oxygen atoms in total. The van der Waals surface area contributed by atoms with E-state index in [0.29, 0.717) is 0 Å². The SMILES string of the molecule is COC1C[O+](OC)C(OC)(OC)C(OC)(OC)O1. The third-order valence-corrected chi connectivity index (χ3v) is 2.79. The van der Waals surface area contributed by atoms with E-state index < -0.39 is 18.2 Å². The lowest BCUT2D eigenvalue weighted by Crippen LogP contribution is -2.71. The highest BCUT2D eigenvalue weighted by molar-refractivity contribution is 4.78. The van der Waals surface area contributed by atoms with Gasteiger partial charge in [0, 0.05) is 35.5 Å². The summed E-state index contributed by atoms with van der Waals surface area (Å²) in [4.78, 5) is 5.16. The molecule has 0 saturated carbocycles. The Morgan fingerprint density at radius 1 is 0.944 bits per heavy atom. The summed E-state index contributed by atoms with van der Waals surface area (Å²) in [5.74, 6) is -3.28. The fourth-order valence-corrected chi connectivity index (χ4v) is 1.89. The molecule has 1 unspecified atom stereocenters. The van der Waals surface area contributed by atoms with Gasteiger partial charge in [-0.1, -0.05) is 0 Å². The van der Waals surface area contributed by atoms with Crippen molar-refractivity contribution >= 4 is 0 Å². The lowest BCUT2D eigenvalue weighted by molar-refractivity contribution is -0.711. The van der Waals surface area contributed by atoms with Crippen LogP contribution in [0.1, 0.15) is 0 Å². The second-order valence-corrected chi connectivity index (χ2v) is 3.39. The molecule has 8 heteroatoms. The first-order valence-corrected chi connectivity index (χ1v) is 5.26. The summed E-state index contributed by atoms with van der Waals surface area (Å²) in [6, 6.07) is 0. The van der Waals surface area contributed by atoms with E-state index in [2.05, 4.69) is 4.52 Å². The van der Waals surface area contributed by atoms with Crippen molar-refractivity contribution < 1.29 is 37.8 Å². The number of hydrogen-bond donors (Lipinski definition) is 0. The fourth-order valence-electron chi connectivity index (χ4n) is 1.89. The summed E-state index contributed by atoms with van der Waals surface area (Å²) in [7, 11) is 8.52. The van der Waals surface area contributed by atoms with E-state index in [-0.39, 0.29) is 6.61 Å². The van der Waals surface area contributed by atoms with Crippen LogP contribution < -0.4 is 0 Å². The lowest BCUT2D eigenvalue weighted by atomic mass is 10.4. The molecule has 1 aliphatic heterocycles. The summed E-state index contributed by atoms with van der Waals surface area (Å²) in [6.45, 7) is 0.170. The normalized spacial score (nSPS) is 27.3. The van der Waals surface area contributed by atoms with Crippen molar-refractivity contribution in [3.05, 3.63) is 0 Å². The van der Waals surface area contributed by atoms with Gasteiger partial charge in [-0.05, 0) is 0 Å². The number of ether oxygens (including phenoxy) is 6. The van der Waals surface area contributed by atoms with Crippen molar-refractivity contribution in [3.63, 3.8) is 0 Å². The van der Waals surface area contributed by atoms with Crippen LogP contribution in [0.3, 0.4) is 0 Å². The van der Waals surface area contributed by atoms with Gasteiger partial charge in [-0.25, -0.2) is 0 Å². The Hall–Kier alpha value is -0.320. The van der Waals surface area contributed by atoms with Gasteiger partial charge < -0.3 is 14.2 Å². The zero-order valence-corrected chi connectivity index (χ0v) is 11.6. The zero-order chi connectivity index (χ0) is 13.8. The van der Waals surface area contributed by atoms with Gasteiger partial charge in [0.1, 0.15) is 7.11 Å². The van der Waals surface area contributed by atoms with Crippen molar-refractivity contribution in [1.29, 1.82) is 0 Å². The van der Waals surface area contributed by atoms with E-state index in [0.717, 1.165) is 0 Å². The average molecular weight is 269 g/mol. The minimum atomic E-state index is -1.68. The van der Waals surface area contributed by atoms with Gasteiger partial charge in [-0.2, -0.15) is 4.52 Å². The number of rotatable bonds is 6. The highest BCUT2D eigenvalue weighted by atomic mass is 17.4. The first-order chi connectivity index (χ1) is 8.59. The third kappa shape index (κ3) is 2.15. The van der Waals surface area contributed by atoms with E-state index in [1.807, 2.05) is 0 Å². The largest absolute Gasteiger partial charge is 0.522 e. The Labute approximate surface area is 106 Å².